The van der Waals surface area contributed by atoms with Crippen molar-refractivity contribution in [1.29, 1.82) is 0 Å². The molecule has 0 amide bonds. The fourth-order valence-electron chi connectivity index (χ4n) is 2.36. The highest BCUT2D eigenvalue weighted by atomic mass is 35.5. The normalized spacial score (nSPS) is 17.5. The number of nitrogens with zero attached hydrogens (tertiary/aromatic N) is 3. The Kier molecular flexibility index (Phi) is 4.00. The van der Waals surface area contributed by atoms with E-state index in [1.165, 1.54) is 0 Å². The SMILES string of the molecule is NC1CCN(Cc2nnc(-c3ccccc3Cl)o2)CC1. The zero-order chi connectivity index (χ0) is 13.9. The van der Waals surface area contributed by atoms with Crippen molar-refractivity contribution in [3.63, 3.8) is 0 Å². The minimum Gasteiger partial charge on any atom is -0.419 e. The molecule has 1 aliphatic rings. The van der Waals surface area contributed by atoms with Gasteiger partial charge < -0.3 is 10.2 Å². The Morgan fingerprint density at radius 1 is 1.25 bits per heavy atom. The van der Waals surface area contributed by atoms with Crippen LogP contribution in [0.1, 0.15) is 18.7 Å². The average Bonchev–Trinajstić information content (AvgIpc) is 2.90. The number of hydrogen-bond donors (Lipinski definition) is 1. The molecule has 2 N–H and O–H groups in total. The summed E-state index contributed by atoms with van der Waals surface area (Å²) in [5.41, 5.74) is 6.67. The van der Waals surface area contributed by atoms with Crippen molar-refractivity contribution in [2.45, 2.75) is 25.4 Å². The van der Waals surface area contributed by atoms with Crippen LogP contribution in [0.25, 0.3) is 11.5 Å². The third kappa shape index (κ3) is 3.00. The number of benzene rings is 1. The fourth-order valence-corrected chi connectivity index (χ4v) is 2.58. The summed E-state index contributed by atoms with van der Waals surface area (Å²) in [6.45, 7) is 2.63. The summed E-state index contributed by atoms with van der Waals surface area (Å²) < 4.78 is 5.70. The first-order chi connectivity index (χ1) is 9.72. The Bertz CT molecular complexity index is 578. The molecule has 106 valence electrons. The van der Waals surface area contributed by atoms with E-state index >= 15 is 0 Å². The molecule has 20 heavy (non-hydrogen) atoms. The van der Waals surface area contributed by atoms with E-state index in [9.17, 15) is 0 Å². The van der Waals surface area contributed by atoms with Crippen LogP contribution in [0.5, 0.6) is 0 Å². The fraction of sp³-hybridized carbons (Fsp3) is 0.429. The molecule has 1 saturated heterocycles. The molecule has 0 atom stereocenters. The summed E-state index contributed by atoms with van der Waals surface area (Å²) in [5, 5.41) is 8.79. The summed E-state index contributed by atoms with van der Waals surface area (Å²) in [6.07, 6.45) is 2.04. The maximum atomic E-state index is 6.12. The van der Waals surface area contributed by atoms with Gasteiger partial charge in [-0.25, -0.2) is 0 Å². The lowest BCUT2D eigenvalue weighted by Crippen LogP contribution is -2.39. The van der Waals surface area contributed by atoms with Gasteiger partial charge in [-0.2, -0.15) is 0 Å². The van der Waals surface area contributed by atoms with Gasteiger partial charge in [0.15, 0.2) is 0 Å². The van der Waals surface area contributed by atoms with Gasteiger partial charge in [-0.1, -0.05) is 23.7 Å². The summed E-state index contributed by atoms with van der Waals surface area (Å²) in [5.74, 6) is 1.09. The van der Waals surface area contributed by atoms with E-state index in [4.69, 9.17) is 21.8 Å². The van der Waals surface area contributed by atoms with Gasteiger partial charge in [0, 0.05) is 19.1 Å². The maximum Gasteiger partial charge on any atom is 0.249 e. The van der Waals surface area contributed by atoms with E-state index in [-0.39, 0.29) is 0 Å². The molecule has 5 nitrogen and oxygen atoms in total. The molecule has 0 saturated carbocycles. The van der Waals surface area contributed by atoms with Crippen molar-refractivity contribution in [3.8, 4) is 11.5 Å². The number of hydrogen-bond acceptors (Lipinski definition) is 5. The van der Waals surface area contributed by atoms with Crippen LogP contribution >= 0.6 is 11.6 Å². The van der Waals surface area contributed by atoms with E-state index in [1.54, 1.807) is 0 Å². The first-order valence-corrected chi connectivity index (χ1v) is 7.15. The molecule has 6 heteroatoms. The molecule has 1 aromatic carbocycles. The Hall–Kier alpha value is -1.43. The van der Waals surface area contributed by atoms with Crippen LogP contribution in [0, 0.1) is 0 Å². The van der Waals surface area contributed by atoms with Gasteiger partial charge in [-0.15, -0.1) is 10.2 Å². The smallest absolute Gasteiger partial charge is 0.249 e. The standard InChI is InChI=1S/C14H17ClN4O/c15-12-4-2-1-3-11(12)14-18-17-13(20-14)9-19-7-5-10(16)6-8-19/h1-4,10H,5-9,16H2. The number of rotatable bonds is 3. The first-order valence-electron chi connectivity index (χ1n) is 6.77. The Balaban J connectivity index is 1.70. The molecule has 3 rings (SSSR count). The molecule has 1 aromatic heterocycles. The lowest BCUT2D eigenvalue weighted by Gasteiger charge is -2.28. The van der Waals surface area contributed by atoms with Gasteiger partial charge in [0.25, 0.3) is 0 Å². The topological polar surface area (TPSA) is 68.2 Å². The molecular formula is C14H17ClN4O. The number of likely N-dealkylation sites (tertiary alicyclic amines) is 1. The number of halogens is 1. The van der Waals surface area contributed by atoms with Crippen LogP contribution in [0.2, 0.25) is 5.02 Å². The second-order valence-corrected chi connectivity index (χ2v) is 5.50. The predicted molar refractivity (Wildman–Crippen MR) is 77.2 cm³/mol. The van der Waals surface area contributed by atoms with Gasteiger partial charge >= 0.3 is 0 Å². The molecular weight excluding hydrogens is 276 g/mol. The van der Waals surface area contributed by atoms with E-state index in [0.717, 1.165) is 31.5 Å². The zero-order valence-electron chi connectivity index (χ0n) is 11.1. The average molecular weight is 293 g/mol. The highest BCUT2D eigenvalue weighted by Crippen LogP contribution is 2.26. The van der Waals surface area contributed by atoms with Gasteiger partial charge in [0.05, 0.1) is 17.1 Å². The third-order valence-electron chi connectivity index (χ3n) is 3.56. The van der Waals surface area contributed by atoms with Crippen molar-refractivity contribution in [2.75, 3.05) is 13.1 Å². The molecule has 1 fully saturated rings. The number of nitrogens with two attached hydrogens (primary N) is 1. The minimum absolute atomic E-state index is 0.327. The van der Waals surface area contributed by atoms with Crippen LogP contribution in [0.3, 0.4) is 0 Å². The molecule has 2 heterocycles. The van der Waals surface area contributed by atoms with Gasteiger partial charge in [0.1, 0.15) is 0 Å². The lowest BCUT2D eigenvalue weighted by atomic mass is 10.1. The summed E-state index contributed by atoms with van der Waals surface area (Å²) in [7, 11) is 0. The summed E-state index contributed by atoms with van der Waals surface area (Å²) in [6, 6.07) is 7.79. The monoisotopic (exact) mass is 292 g/mol. The summed E-state index contributed by atoms with van der Waals surface area (Å²) in [4.78, 5) is 2.28. The molecule has 1 aliphatic heterocycles. The first kappa shape index (κ1) is 13.5. The van der Waals surface area contributed by atoms with Gasteiger partial charge in [-0.05, 0) is 25.0 Å². The van der Waals surface area contributed by atoms with Crippen LogP contribution in [-0.2, 0) is 6.54 Å². The van der Waals surface area contributed by atoms with Crippen LogP contribution in [0.4, 0.5) is 0 Å². The Morgan fingerprint density at radius 2 is 2.00 bits per heavy atom. The van der Waals surface area contributed by atoms with Crippen LogP contribution in [0.15, 0.2) is 28.7 Å². The predicted octanol–water partition coefficient (Wildman–Crippen LogP) is 2.31. The third-order valence-corrected chi connectivity index (χ3v) is 3.89. The maximum absolute atomic E-state index is 6.12. The highest BCUT2D eigenvalue weighted by Gasteiger charge is 2.19. The van der Waals surface area contributed by atoms with Crippen molar-refractivity contribution in [2.24, 2.45) is 5.73 Å². The van der Waals surface area contributed by atoms with Crippen LogP contribution in [-0.4, -0.2) is 34.2 Å². The number of aromatic nitrogens is 2. The lowest BCUT2D eigenvalue weighted by molar-refractivity contribution is 0.189. The van der Waals surface area contributed by atoms with E-state index < -0.39 is 0 Å². The Morgan fingerprint density at radius 3 is 2.75 bits per heavy atom. The van der Waals surface area contributed by atoms with Crippen molar-refractivity contribution in [1.82, 2.24) is 15.1 Å². The van der Waals surface area contributed by atoms with Crippen LogP contribution < -0.4 is 5.73 Å². The van der Waals surface area contributed by atoms with E-state index in [1.807, 2.05) is 24.3 Å². The number of piperidine rings is 1. The molecule has 0 spiro atoms. The molecule has 0 radical (unpaired) electrons. The van der Waals surface area contributed by atoms with Crippen molar-refractivity contribution < 1.29 is 4.42 Å². The second-order valence-electron chi connectivity index (χ2n) is 5.09. The molecule has 0 unspecified atom stereocenters. The molecule has 2 aromatic rings. The van der Waals surface area contributed by atoms with Gasteiger partial charge in [-0.3, -0.25) is 4.90 Å². The quantitative estimate of drug-likeness (QED) is 0.940. The van der Waals surface area contributed by atoms with Crippen molar-refractivity contribution >= 4 is 11.6 Å². The molecule has 0 bridgehead atoms. The minimum atomic E-state index is 0.327. The van der Waals surface area contributed by atoms with Crippen molar-refractivity contribution in [3.05, 3.63) is 35.2 Å². The van der Waals surface area contributed by atoms with E-state index in [0.29, 0.717) is 29.4 Å². The van der Waals surface area contributed by atoms with E-state index in [2.05, 4.69) is 15.1 Å². The Labute approximate surface area is 122 Å². The largest absolute Gasteiger partial charge is 0.419 e. The zero-order valence-corrected chi connectivity index (χ0v) is 11.9. The molecule has 0 aliphatic carbocycles. The van der Waals surface area contributed by atoms with Gasteiger partial charge in [0.2, 0.25) is 11.8 Å². The summed E-state index contributed by atoms with van der Waals surface area (Å²) >= 11 is 6.12. The highest BCUT2D eigenvalue weighted by molar-refractivity contribution is 6.33. The second kappa shape index (κ2) is 5.91.